The zero-order valence-corrected chi connectivity index (χ0v) is 13.9. The van der Waals surface area contributed by atoms with Gasteiger partial charge in [0.05, 0.1) is 5.56 Å². The van der Waals surface area contributed by atoms with Gasteiger partial charge in [-0.2, -0.15) is 0 Å². The number of nitrogens with zero attached hydrogens (tertiary/aromatic N) is 2. The second-order valence-electron chi connectivity index (χ2n) is 5.83. The van der Waals surface area contributed by atoms with Gasteiger partial charge in [-0.15, -0.1) is 0 Å². The van der Waals surface area contributed by atoms with E-state index < -0.39 is 17.9 Å². The molecule has 1 unspecified atom stereocenters. The number of hydrogen-bond donors (Lipinski definition) is 2. The molecule has 0 saturated carbocycles. The molecule has 0 aliphatic rings. The number of carboxylic acids is 1. The first-order valence-corrected chi connectivity index (χ1v) is 7.68. The number of para-hydroxylation sites is 1. The van der Waals surface area contributed by atoms with Gasteiger partial charge in [0.25, 0.3) is 5.91 Å². The minimum atomic E-state index is -1.05. The molecule has 6 heteroatoms. The Labute approximate surface area is 141 Å². The second-order valence-corrected chi connectivity index (χ2v) is 5.83. The number of benzene rings is 1. The van der Waals surface area contributed by atoms with Crippen LogP contribution in [0.1, 0.15) is 24.2 Å². The second kappa shape index (κ2) is 7.59. The highest BCUT2D eigenvalue weighted by Gasteiger charge is 2.24. The maximum absolute atomic E-state index is 12.2. The summed E-state index contributed by atoms with van der Waals surface area (Å²) in [5, 5.41) is 11.7. The molecule has 0 saturated heterocycles. The predicted octanol–water partition coefficient (Wildman–Crippen LogP) is 2.69. The van der Waals surface area contributed by atoms with Crippen molar-refractivity contribution in [3.05, 3.63) is 54.2 Å². The molecule has 0 radical (unpaired) electrons. The lowest BCUT2D eigenvalue weighted by molar-refractivity contribution is -0.140. The highest BCUT2D eigenvalue weighted by atomic mass is 16.4. The van der Waals surface area contributed by atoms with E-state index in [1.807, 2.05) is 42.3 Å². The molecule has 2 rings (SSSR count). The Morgan fingerprint density at radius 2 is 1.79 bits per heavy atom. The molecule has 0 aliphatic heterocycles. The number of aromatic nitrogens is 1. The molecule has 1 aromatic heterocycles. The van der Waals surface area contributed by atoms with Crippen LogP contribution >= 0.6 is 0 Å². The van der Waals surface area contributed by atoms with Crippen LogP contribution in [0.15, 0.2) is 48.7 Å². The van der Waals surface area contributed by atoms with Gasteiger partial charge in [-0.25, -0.2) is 9.78 Å². The first kappa shape index (κ1) is 17.5. The van der Waals surface area contributed by atoms with E-state index in [0.29, 0.717) is 11.4 Å². The van der Waals surface area contributed by atoms with Gasteiger partial charge in [0.1, 0.15) is 11.9 Å². The minimum absolute atomic E-state index is 0.206. The van der Waals surface area contributed by atoms with Crippen molar-refractivity contribution in [1.82, 2.24) is 10.3 Å². The summed E-state index contributed by atoms with van der Waals surface area (Å²) in [7, 11) is 1.89. The minimum Gasteiger partial charge on any atom is -0.480 e. The molecule has 1 heterocycles. The van der Waals surface area contributed by atoms with E-state index in [1.165, 1.54) is 6.20 Å². The average molecular weight is 327 g/mol. The van der Waals surface area contributed by atoms with Crippen molar-refractivity contribution in [2.24, 2.45) is 5.92 Å². The molecular formula is C18H21N3O3. The maximum atomic E-state index is 12.2. The molecular weight excluding hydrogens is 306 g/mol. The van der Waals surface area contributed by atoms with Crippen molar-refractivity contribution in [2.75, 3.05) is 11.9 Å². The average Bonchev–Trinajstić information content (AvgIpc) is 2.59. The summed E-state index contributed by atoms with van der Waals surface area (Å²) in [6.45, 7) is 3.49. The first-order valence-electron chi connectivity index (χ1n) is 7.68. The lowest BCUT2D eigenvalue weighted by atomic mass is 10.0. The van der Waals surface area contributed by atoms with E-state index in [1.54, 1.807) is 26.0 Å². The van der Waals surface area contributed by atoms with Gasteiger partial charge in [0.2, 0.25) is 0 Å². The van der Waals surface area contributed by atoms with Gasteiger partial charge in [-0.3, -0.25) is 4.79 Å². The number of pyridine rings is 1. The lowest BCUT2D eigenvalue weighted by Crippen LogP contribution is -2.44. The molecule has 0 fully saturated rings. The van der Waals surface area contributed by atoms with E-state index in [-0.39, 0.29) is 5.92 Å². The molecule has 1 atom stereocenters. The highest BCUT2D eigenvalue weighted by Crippen LogP contribution is 2.20. The van der Waals surface area contributed by atoms with Gasteiger partial charge < -0.3 is 15.3 Å². The number of hydrogen-bond acceptors (Lipinski definition) is 4. The van der Waals surface area contributed by atoms with Crippen molar-refractivity contribution in [3.63, 3.8) is 0 Å². The smallest absolute Gasteiger partial charge is 0.326 e. The zero-order chi connectivity index (χ0) is 17.7. The van der Waals surface area contributed by atoms with Crippen molar-refractivity contribution in [2.45, 2.75) is 19.9 Å². The van der Waals surface area contributed by atoms with Crippen LogP contribution < -0.4 is 10.2 Å². The Morgan fingerprint density at radius 1 is 1.12 bits per heavy atom. The third kappa shape index (κ3) is 4.10. The topological polar surface area (TPSA) is 82.5 Å². The molecule has 0 bridgehead atoms. The van der Waals surface area contributed by atoms with E-state index in [0.717, 1.165) is 5.69 Å². The number of rotatable bonds is 6. The Kier molecular flexibility index (Phi) is 5.52. The van der Waals surface area contributed by atoms with Crippen LogP contribution in [-0.2, 0) is 4.79 Å². The van der Waals surface area contributed by atoms with Crippen molar-refractivity contribution < 1.29 is 14.7 Å². The molecule has 0 spiro atoms. The van der Waals surface area contributed by atoms with Crippen LogP contribution in [0, 0.1) is 5.92 Å². The highest BCUT2D eigenvalue weighted by molar-refractivity contribution is 5.96. The van der Waals surface area contributed by atoms with Gasteiger partial charge in [-0.1, -0.05) is 32.0 Å². The summed E-state index contributed by atoms with van der Waals surface area (Å²) in [6.07, 6.45) is 1.45. The van der Waals surface area contributed by atoms with Gasteiger partial charge in [0.15, 0.2) is 0 Å². The fraction of sp³-hybridized carbons (Fsp3) is 0.278. The summed E-state index contributed by atoms with van der Waals surface area (Å²) < 4.78 is 0. The fourth-order valence-electron chi connectivity index (χ4n) is 2.24. The number of aliphatic carboxylic acids is 1. The lowest BCUT2D eigenvalue weighted by Gasteiger charge is -2.19. The largest absolute Gasteiger partial charge is 0.480 e. The maximum Gasteiger partial charge on any atom is 0.326 e. The number of nitrogens with one attached hydrogen (secondary N) is 1. The monoisotopic (exact) mass is 327 g/mol. The van der Waals surface area contributed by atoms with E-state index in [2.05, 4.69) is 10.3 Å². The normalized spacial score (nSPS) is 11.8. The van der Waals surface area contributed by atoms with Crippen molar-refractivity contribution in [1.29, 1.82) is 0 Å². The van der Waals surface area contributed by atoms with E-state index in [4.69, 9.17) is 5.11 Å². The van der Waals surface area contributed by atoms with Crippen LogP contribution in [0.2, 0.25) is 0 Å². The Bertz CT molecular complexity index is 699. The molecule has 2 aromatic rings. The SMILES string of the molecule is CC(C)C(NC(=O)c1ccc(N(C)c2ccccc2)nc1)C(=O)O. The van der Waals surface area contributed by atoms with E-state index in [9.17, 15) is 9.59 Å². The number of anilines is 2. The Balaban J connectivity index is 2.11. The van der Waals surface area contributed by atoms with Crippen LogP contribution in [0.3, 0.4) is 0 Å². The summed E-state index contributed by atoms with van der Waals surface area (Å²) in [4.78, 5) is 29.5. The molecule has 2 N–H and O–H groups in total. The molecule has 6 nitrogen and oxygen atoms in total. The number of carboxylic acid groups (broad SMARTS) is 1. The molecule has 1 aromatic carbocycles. The quantitative estimate of drug-likeness (QED) is 0.852. The third-order valence-electron chi connectivity index (χ3n) is 3.72. The van der Waals surface area contributed by atoms with Crippen LogP contribution in [0.4, 0.5) is 11.5 Å². The van der Waals surface area contributed by atoms with Crippen LogP contribution in [0.5, 0.6) is 0 Å². The van der Waals surface area contributed by atoms with Crippen LogP contribution in [0.25, 0.3) is 0 Å². The number of carbonyl (C=O) groups excluding carboxylic acids is 1. The molecule has 1 amide bonds. The molecule has 0 aliphatic carbocycles. The standard InChI is InChI=1S/C18H21N3O3/c1-12(2)16(18(23)24)20-17(22)13-9-10-15(19-11-13)21(3)14-7-5-4-6-8-14/h4-12,16H,1-3H3,(H,20,22)(H,23,24). The van der Waals surface area contributed by atoms with Crippen molar-refractivity contribution >= 4 is 23.4 Å². The number of amides is 1. The van der Waals surface area contributed by atoms with E-state index >= 15 is 0 Å². The van der Waals surface area contributed by atoms with Gasteiger partial charge in [0, 0.05) is 18.9 Å². The predicted molar refractivity (Wildman–Crippen MR) is 92.5 cm³/mol. The van der Waals surface area contributed by atoms with Gasteiger partial charge in [-0.05, 0) is 30.2 Å². The van der Waals surface area contributed by atoms with Crippen LogP contribution in [-0.4, -0.2) is 35.1 Å². The zero-order valence-electron chi connectivity index (χ0n) is 13.9. The van der Waals surface area contributed by atoms with Gasteiger partial charge >= 0.3 is 5.97 Å². The fourth-order valence-corrected chi connectivity index (χ4v) is 2.24. The first-order chi connectivity index (χ1) is 11.4. The summed E-state index contributed by atoms with van der Waals surface area (Å²) >= 11 is 0. The Hall–Kier alpha value is -2.89. The third-order valence-corrected chi connectivity index (χ3v) is 3.72. The summed E-state index contributed by atoms with van der Waals surface area (Å²) in [6, 6.07) is 12.2. The Morgan fingerprint density at radius 3 is 2.29 bits per heavy atom. The number of carbonyl (C=O) groups is 2. The van der Waals surface area contributed by atoms with Crippen molar-refractivity contribution in [3.8, 4) is 0 Å². The molecule has 24 heavy (non-hydrogen) atoms. The summed E-state index contributed by atoms with van der Waals surface area (Å²) in [5.41, 5.74) is 1.31. The molecule has 126 valence electrons. The summed E-state index contributed by atoms with van der Waals surface area (Å²) in [5.74, 6) is -1.01.